The predicted octanol–water partition coefficient (Wildman–Crippen LogP) is 2.94. The van der Waals surface area contributed by atoms with Crippen molar-refractivity contribution in [1.82, 2.24) is 0 Å². The van der Waals surface area contributed by atoms with Crippen LogP contribution in [0.5, 0.6) is 0 Å². The molecule has 0 aliphatic carbocycles. The molecule has 0 saturated heterocycles. The van der Waals surface area contributed by atoms with Crippen molar-refractivity contribution < 1.29 is 8.81 Å². The van der Waals surface area contributed by atoms with Gasteiger partial charge in [0.05, 0.1) is 11.8 Å². The third kappa shape index (κ3) is 2.85. The van der Waals surface area contributed by atoms with Crippen molar-refractivity contribution in [2.45, 2.75) is 6.42 Å². The van der Waals surface area contributed by atoms with E-state index in [0.717, 1.165) is 12.2 Å². The Kier molecular flexibility index (Phi) is 3.41. The van der Waals surface area contributed by atoms with E-state index >= 15 is 0 Å². The van der Waals surface area contributed by atoms with Crippen molar-refractivity contribution in [3.63, 3.8) is 0 Å². The summed E-state index contributed by atoms with van der Waals surface area (Å²) < 4.78 is 18.4. The van der Waals surface area contributed by atoms with Crippen molar-refractivity contribution >= 4 is 5.69 Å². The van der Waals surface area contributed by atoms with Gasteiger partial charge in [-0.3, -0.25) is 0 Å². The van der Waals surface area contributed by atoms with E-state index in [1.54, 1.807) is 18.4 Å². The molecule has 2 aromatic rings. The van der Waals surface area contributed by atoms with Crippen molar-refractivity contribution in [1.29, 1.82) is 5.26 Å². The molecule has 0 radical (unpaired) electrons. The number of nitriles is 1. The van der Waals surface area contributed by atoms with E-state index in [4.69, 9.17) is 9.68 Å². The maximum absolute atomic E-state index is 13.3. The summed E-state index contributed by atoms with van der Waals surface area (Å²) in [6.07, 6.45) is 2.35. The lowest BCUT2D eigenvalue weighted by Crippen LogP contribution is -2.04. The standard InChI is InChI=1S/C13H11FN2O/c14-13-8-11(4-3-10(13)9-15)16-6-5-12-2-1-7-17-12/h1-4,7-8,16H,5-6H2. The molecule has 1 aromatic carbocycles. The third-order valence-electron chi connectivity index (χ3n) is 2.37. The molecule has 17 heavy (non-hydrogen) atoms. The van der Waals surface area contributed by atoms with Gasteiger partial charge >= 0.3 is 0 Å². The van der Waals surface area contributed by atoms with Crippen molar-refractivity contribution in [2.75, 3.05) is 11.9 Å². The molecule has 0 saturated carbocycles. The van der Waals surface area contributed by atoms with Gasteiger partial charge in [-0.1, -0.05) is 0 Å². The average molecular weight is 230 g/mol. The Morgan fingerprint density at radius 1 is 1.35 bits per heavy atom. The fourth-order valence-electron chi connectivity index (χ4n) is 1.50. The lowest BCUT2D eigenvalue weighted by atomic mass is 10.2. The normalized spacial score (nSPS) is 9.88. The molecule has 0 aliphatic heterocycles. The van der Waals surface area contributed by atoms with Gasteiger partial charge < -0.3 is 9.73 Å². The Hall–Kier alpha value is -2.28. The van der Waals surface area contributed by atoms with E-state index in [1.807, 2.05) is 12.1 Å². The molecule has 0 atom stereocenters. The van der Waals surface area contributed by atoms with Crippen molar-refractivity contribution in [2.24, 2.45) is 0 Å². The van der Waals surface area contributed by atoms with E-state index in [9.17, 15) is 4.39 Å². The van der Waals surface area contributed by atoms with Gasteiger partial charge in [0, 0.05) is 18.7 Å². The Balaban J connectivity index is 1.91. The van der Waals surface area contributed by atoms with Crippen molar-refractivity contribution in [3.05, 3.63) is 53.7 Å². The summed E-state index contributed by atoms with van der Waals surface area (Å²) in [4.78, 5) is 0. The Bertz CT molecular complexity index is 529. The molecule has 0 aliphatic rings. The highest BCUT2D eigenvalue weighted by Crippen LogP contribution is 2.13. The van der Waals surface area contributed by atoms with Crippen LogP contribution in [0.1, 0.15) is 11.3 Å². The Labute approximate surface area is 98.5 Å². The molecule has 1 aromatic heterocycles. The number of furan rings is 1. The lowest BCUT2D eigenvalue weighted by Gasteiger charge is -2.05. The molecule has 2 rings (SSSR count). The summed E-state index contributed by atoms with van der Waals surface area (Å²) in [6.45, 7) is 0.652. The maximum Gasteiger partial charge on any atom is 0.143 e. The predicted molar refractivity (Wildman–Crippen MR) is 62.0 cm³/mol. The van der Waals surface area contributed by atoms with Crippen LogP contribution in [0, 0.1) is 17.1 Å². The van der Waals surface area contributed by atoms with Gasteiger partial charge in [0.1, 0.15) is 17.6 Å². The van der Waals surface area contributed by atoms with Crippen LogP contribution in [0.25, 0.3) is 0 Å². The summed E-state index contributed by atoms with van der Waals surface area (Å²) in [5.74, 6) is 0.377. The molecule has 1 heterocycles. The van der Waals surface area contributed by atoms with Crippen LogP contribution in [0.15, 0.2) is 41.0 Å². The van der Waals surface area contributed by atoms with Crippen LogP contribution in [-0.2, 0) is 6.42 Å². The monoisotopic (exact) mass is 230 g/mol. The minimum atomic E-state index is -0.504. The van der Waals surface area contributed by atoms with E-state index in [1.165, 1.54) is 12.1 Å². The van der Waals surface area contributed by atoms with Crippen molar-refractivity contribution in [3.8, 4) is 6.07 Å². The van der Waals surface area contributed by atoms with Gasteiger partial charge in [-0.25, -0.2) is 4.39 Å². The minimum absolute atomic E-state index is 0.0570. The first-order valence-electron chi connectivity index (χ1n) is 5.25. The zero-order valence-corrected chi connectivity index (χ0v) is 9.11. The van der Waals surface area contributed by atoms with Gasteiger partial charge in [-0.2, -0.15) is 5.26 Å². The highest BCUT2D eigenvalue weighted by molar-refractivity contribution is 5.48. The van der Waals surface area contributed by atoms with Gasteiger partial charge in [0.25, 0.3) is 0 Å². The van der Waals surface area contributed by atoms with E-state index in [2.05, 4.69) is 5.32 Å². The second-order valence-corrected chi connectivity index (χ2v) is 3.56. The van der Waals surface area contributed by atoms with Gasteiger partial charge in [-0.15, -0.1) is 0 Å². The second kappa shape index (κ2) is 5.17. The second-order valence-electron chi connectivity index (χ2n) is 3.56. The van der Waals surface area contributed by atoms with Crippen LogP contribution < -0.4 is 5.32 Å². The summed E-state index contributed by atoms with van der Waals surface area (Å²) >= 11 is 0. The van der Waals surface area contributed by atoms with E-state index in [0.29, 0.717) is 12.2 Å². The molecule has 1 N–H and O–H groups in total. The molecule has 0 spiro atoms. The van der Waals surface area contributed by atoms with E-state index < -0.39 is 5.82 Å². The molecule has 3 nitrogen and oxygen atoms in total. The number of nitrogens with one attached hydrogen (secondary N) is 1. The average Bonchev–Trinajstić information content (AvgIpc) is 2.82. The van der Waals surface area contributed by atoms with E-state index in [-0.39, 0.29) is 5.56 Å². The van der Waals surface area contributed by atoms with Crippen LogP contribution in [0.3, 0.4) is 0 Å². The molecule has 4 heteroatoms. The number of hydrogen-bond donors (Lipinski definition) is 1. The minimum Gasteiger partial charge on any atom is -0.469 e. The number of nitrogens with zero attached hydrogens (tertiary/aromatic N) is 1. The Morgan fingerprint density at radius 3 is 2.88 bits per heavy atom. The smallest absolute Gasteiger partial charge is 0.143 e. The number of anilines is 1. The zero-order valence-electron chi connectivity index (χ0n) is 9.11. The lowest BCUT2D eigenvalue weighted by molar-refractivity contribution is 0.513. The number of hydrogen-bond acceptors (Lipinski definition) is 3. The largest absolute Gasteiger partial charge is 0.469 e. The summed E-state index contributed by atoms with van der Waals surface area (Å²) in [7, 11) is 0. The number of halogens is 1. The molecular formula is C13H11FN2O. The molecular weight excluding hydrogens is 219 g/mol. The summed E-state index contributed by atoms with van der Waals surface area (Å²) in [6, 6.07) is 9.97. The summed E-state index contributed by atoms with van der Waals surface area (Å²) in [5, 5.41) is 11.7. The Morgan fingerprint density at radius 2 is 2.24 bits per heavy atom. The SMILES string of the molecule is N#Cc1ccc(NCCc2ccco2)cc1F. The first-order chi connectivity index (χ1) is 8.29. The van der Waals surface area contributed by atoms with Crippen LogP contribution in [-0.4, -0.2) is 6.54 Å². The topological polar surface area (TPSA) is 49.0 Å². The highest BCUT2D eigenvalue weighted by Gasteiger charge is 2.02. The number of benzene rings is 1. The maximum atomic E-state index is 13.3. The fraction of sp³-hybridized carbons (Fsp3) is 0.154. The molecule has 86 valence electrons. The molecule has 0 bridgehead atoms. The van der Waals surface area contributed by atoms with Crippen LogP contribution in [0.4, 0.5) is 10.1 Å². The van der Waals surface area contributed by atoms with Crippen LogP contribution in [0.2, 0.25) is 0 Å². The quantitative estimate of drug-likeness (QED) is 0.878. The summed E-state index contributed by atoms with van der Waals surface area (Å²) in [5.41, 5.74) is 0.717. The number of rotatable bonds is 4. The van der Waals surface area contributed by atoms with Gasteiger partial charge in [-0.05, 0) is 30.3 Å². The molecule has 0 amide bonds. The fourth-order valence-corrected chi connectivity index (χ4v) is 1.50. The first kappa shape index (κ1) is 11.2. The zero-order chi connectivity index (χ0) is 12.1. The molecule has 0 unspecified atom stereocenters. The van der Waals surface area contributed by atoms with Gasteiger partial charge in [0.15, 0.2) is 0 Å². The highest BCUT2D eigenvalue weighted by atomic mass is 19.1. The third-order valence-corrected chi connectivity index (χ3v) is 2.37. The molecule has 0 fully saturated rings. The van der Waals surface area contributed by atoms with Gasteiger partial charge in [0.2, 0.25) is 0 Å². The van der Waals surface area contributed by atoms with Crippen LogP contribution >= 0.6 is 0 Å². The first-order valence-corrected chi connectivity index (χ1v) is 5.25.